The van der Waals surface area contributed by atoms with Gasteiger partial charge >= 0.3 is 37.8 Å². The second-order valence-corrected chi connectivity index (χ2v) is 2.72. The van der Waals surface area contributed by atoms with Crippen LogP contribution in [-0.2, 0) is 0 Å². The Balaban J connectivity index is 2.08. The molecule has 1 aliphatic rings. The first-order chi connectivity index (χ1) is 2.50. The van der Waals surface area contributed by atoms with Crippen molar-refractivity contribution < 1.29 is 0 Å². The molecule has 0 atom stereocenters. The molecule has 0 unspecified atom stereocenters. The van der Waals surface area contributed by atoms with E-state index >= 15 is 0 Å². The maximum atomic E-state index is 3.20. The third-order valence-electron chi connectivity index (χ3n) is 0.507. The van der Waals surface area contributed by atoms with E-state index in [1.54, 1.807) is 0 Å². The molecule has 0 bridgehead atoms. The van der Waals surface area contributed by atoms with Gasteiger partial charge in [0.2, 0.25) is 0 Å². The summed E-state index contributed by atoms with van der Waals surface area (Å²) in [5.41, 5.74) is 0. The second-order valence-electron chi connectivity index (χ2n) is 0.928. The van der Waals surface area contributed by atoms with Gasteiger partial charge in [-0.25, -0.2) is 0 Å². The fourth-order valence-electron chi connectivity index (χ4n) is 0.280. The molecule has 0 aromatic rings. The van der Waals surface area contributed by atoms with Crippen molar-refractivity contribution in [2.45, 2.75) is 0 Å². The quantitative estimate of drug-likeness (QED) is 0.402. The predicted molar refractivity (Wildman–Crippen MR) is 21.8 cm³/mol. The van der Waals surface area contributed by atoms with E-state index in [4.69, 9.17) is 0 Å². The zero-order valence-corrected chi connectivity index (χ0v) is 4.74. The minimum absolute atomic E-state index is 0.354. The van der Waals surface area contributed by atoms with Crippen molar-refractivity contribution in [1.29, 1.82) is 0 Å². The Morgan fingerprint density at radius 1 is 1.20 bits per heavy atom. The molecule has 1 heterocycles. The van der Waals surface area contributed by atoms with E-state index in [9.17, 15) is 0 Å². The molecule has 3 heteroatoms. The molecule has 2 N–H and O–H groups in total. The number of hydrogen-bond donors (Lipinski definition) is 2. The third kappa shape index (κ3) is 0.917. The molecule has 1 saturated heterocycles. The standard InChI is InChI=1S/C2H6AsN2/c1-2-5-3-4-1/h4-5H,1-2H2. The van der Waals surface area contributed by atoms with Gasteiger partial charge in [-0.3, -0.25) is 0 Å². The first-order valence-electron chi connectivity index (χ1n) is 1.65. The van der Waals surface area contributed by atoms with Gasteiger partial charge in [-0.2, -0.15) is 0 Å². The molecule has 0 spiro atoms. The van der Waals surface area contributed by atoms with Crippen LogP contribution in [0.15, 0.2) is 0 Å². The molecule has 1 rings (SSSR count). The van der Waals surface area contributed by atoms with Gasteiger partial charge in [0.1, 0.15) is 0 Å². The van der Waals surface area contributed by atoms with Gasteiger partial charge in [0, 0.05) is 0 Å². The van der Waals surface area contributed by atoms with Gasteiger partial charge < -0.3 is 0 Å². The van der Waals surface area contributed by atoms with Crippen LogP contribution >= 0.6 is 0 Å². The van der Waals surface area contributed by atoms with Crippen molar-refractivity contribution in [2.24, 2.45) is 0 Å². The van der Waals surface area contributed by atoms with Crippen LogP contribution in [-0.4, -0.2) is 29.3 Å². The fraction of sp³-hybridized carbons (Fsp3) is 1.00. The molecule has 0 aromatic heterocycles. The monoisotopic (exact) mass is 133 g/mol. The van der Waals surface area contributed by atoms with Crippen LogP contribution in [0.3, 0.4) is 0 Å². The van der Waals surface area contributed by atoms with Crippen LogP contribution in [0, 0.1) is 0 Å². The normalized spacial score (nSPS) is 24.0. The molecule has 0 aromatic carbocycles. The van der Waals surface area contributed by atoms with Crippen molar-refractivity contribution >= 4 is 16.2 Å². The van der Waals surface area contributed by atoms with E-state index in [1.807, 2.05) is 0 Å². The Kier molecular flexibility index (Phi) is 1.32. The molecular formula is C2H6AsN2. The molecule has 0 amide bonds. The van der Waals surface area contributed by atoms with Crippen molar-refractivity contribution in [2.75, 3.05) is 13.1 Å². The van der Waals surface area contributed by atoms with Crippen LogP contribution in [0.25, 0.3) is 0 Å². The molecule has 5 heavy (non-hydrogen) atoms. The van der Waals surface area contributed by atoms with Gasteiger partial charge in [-0.05, 0) is 0 Å². The summed E-state index contributed by atoms with van der Waals surface area (Å²) in [7, 11) is 0. The third-order valence-corrected chi connectivity index (χ3v) is 2.11. The molecule has 1 radical (unpaired) electrons. The Hall–Kier alpha value is 0.478. The fourth-order valence-corrected chi connectivity index (χ4v) is 1.45. The second kappa shape index (κ2) is 1.81. The van der Waals surface area contributed by atoms with Gasteiger partial charge in [-0.15, -0.1) is 0 Å². The van der Waals surface area contributed by atoms with Crippen molar-refractivity contribution in [3.05, 3.63) is 0 Å². The van der Waals surface area contributed by atoms with Gasteiger partial charge in [-0.1, -0.05) is 0 Å². The summed E-state index contributed by atoms with van der Waals surface area (Å²) in [6.45, 7) is 2.36. The van der Waals surface area contributed by atoms with Gasteiger partial charge in [0.05, 0.1) is 0 Å². The summed E-state index contributed by atoms with van der Waals surface area (Å²) >= 11 is 0.354. The molecule has 29 valence electrons. The number of rotatable bonds is 0. The van der Waals surface area contributed by atoms with Crippen molar-refractivity contribution in [1.82, 2.24) is 8.47 Å². The van der Waals surface area contributed by atoms with E-state index < -0.39 is 0 Å². The molecule has 0 aliphatic carbocycles. The van der Waals surface area contributed by atoms with Crippen LogP contribution in [0.5, 0.6) is 0 Å². The zero-order valence-electron chi connectivity index (χ0n) is 2.86. The SMILES string of the molecule is C1CN[As]N1. The summed E-state index contributed by atoms with van der Waals surface area (Å²) in [6.07, 6.45) is 0. The maximum absolute atomic E-state index is 3.20. The van der Waals surface area contributed by atoms with Crippen molar-refractivity contribution in [3.63, 3.8) is 0 Å². The van der Waals surface area contributed by atoms with Gasteiger partial charge in [0.15, 0.2) is 0 Å². The van der Waals surface area contributed by atoms with E-state index in [0.717, 1.165) is 0 Å². The Morgan fingerprint density at radius 3 is 2.00 bits per heavy atom. The number of hydrogen-bond acceptors (Lipinski definition) is 2. The average molecular weight is 133 g/mol. The van der Waals surface area contributed by atoms with E-state index in [-0.39, 0.29) is 0 Å². The first-order valence-corrected chi connectivity index (χ1v) is 3.53. The molecule has 2 nitrogen and oxygen atoms in total. The molecule has 1 fully saturated rings. The van der Waals surface area contributed by atoms with Crippen LogP contribution in [0.4, 0.5) is 0 Å². The molecular weight excluding hydrogens is 127 g/mol. The number of nitrogens with one attached hydrogen (secondary N) is 2. The van der Waals surface area contributed by atoms with E-state index in [2.05, 4.69) is 8.47 Å². The summed E-state index contributed by atoms with van der Waals surface area (Å²) in [5, 5.41) is 0. The van der Waals surface area contributed by atoms with E-state index in [0.29, 0.717) is 16.2 Å². The van der Waals surface area contributed by atoms with Crippen LogP contribution in [0.1, 0.15) is 0 Å². The minimum atomic E-state index is 0.354. The summed E-state index contributed by atoms with van der Waals surface area (Å²) in [4.78, 5) is 0. The summed E-state index contributed by atoms with van der Waals surface area (Å²) in [5.74, 6) is 0. The Bertz CT molecular complexity index is 19.2. The van der Waals surface area contributed by atoms with Crippen molar-refractivity contribution in [3.8, 4) is 0 Å². The molecule has 0 saturated carbocycles. The Labute approximate surface area is 38.5 Å². The Morgan fingerprint density at radius 2 is 1.80 bits per heavy atom. The average Bonchev–Trinajstić information content (AvgIpc) is 1.76. The summed E-state index contributed by atoms with van der Waals surface area (Å²) < 4.78 is 6.41. The molecule has 1 aliphatic heterocycles. The topological polar surface area (TPSA) is 24.1 Å². The van der Waals surface area contributed by atoms with Crippen LogP contribution in [0.2, 0.25) is 0 Å². The van der Waals surface area contributed by atoms with E-state index in [1.165, 1.54) is 13.1 Å². The first kappa shape index (κ1) is 3.66. The van der Waals surface area contributed by atoms with Gasteiger partial charge in [0.25, 0.3) is 0 Å². The zero-order chi connectivity index (χ0) is 3.54. The summed E-state index contributed by atoms with van der Waals surface area (Å²) in [6, 6.07) is 0. The predicted octanol–water partition coefficient (Wildman–Crippen LogP) is -1.29. The van der Waals surface area contributed by atoms with Crippen LogP contribution < -0.4 is 8.47 Å².